The first-order valence-electron chi connectivity index (χ1n) is 11.9. The van der Waals surface area contributed by atoms with E-state index in [1.165, 1.54) is 10.8 Å². The predicted molar refractivity (Wildman–Crippen MR) is 151 cm³/mol. The molecule has 0 fully saturated rings. The Morgan fingerprint density at radius 3 is 2.44 bits per heavy atom. The Bertz CT molecular complexity index is 1420. The molecule has 0 aliphatic carbocycles. The minimum atomic E-state index is -1.02. The molecule has 0 spiro atoms. The Morgan fingerprint density at radius 1 is 0.917 bits per heavy atom. The fraction of sp³-hybridized carbons (Fsp3) is 0.161. The van der Waals surface area contributed by atoms with E-state index in [-0.39, 0.29) is 5.91 Å². The lowest BCUT2D eigenvalue weighted by Crippen LogP contribution is -2.41. The molecular weight excluding hydrogens is 466 g/mol. The smallest absolute Gasteiger partial charge is 0.326 e. The molecule has 0 aliphatic rings. The largest absolute Gasteiger partial charge is 0.480 e. The Kier molecular flexibility index (Phi) is 8.24. The van der Waals surface area contributed by atoms with E-state index in [2.05, 4.69) is 35.7 Å². The molecule has 182 valence electrons. The maximum atomic E-state index is 13.3. The first-order valence-corrected chi connectivity index (χ1v) is 13.3. The summed E-state index contributed by atoms with van der Waals surface area (Å²) in [5, 5.41) is 14.7. The Labute approximate surface area is 216 Å². The van der Waals surface area contributed by atoms with Gasteiger partial charge < -0.3 is 10.4 Å². The van der Waals surface area contributed by atoms with E-state index in [9.17, 15) is 14.7 Å². The van der Waals surface area contributed by atoms with Crippen molar-refractivity contribution in [1.82, 2.24) is 5.32 Å². The fourth-order valence-electron chi connectivity index (χ4n) is 4.27. The number of carbonyl (C=O) groups is 2. The third-order valence-electron chi connectivity index (χ3n) is 6.22. The average molecular weight is 496 g/mol. The number of carbonyl (C=O) groups excluding carboxylic acids is 1. The number of benzene rings is 4. The molecule has 4 aromatic rings. The zero-order chi connectivity index (χ0) is 25.5. The standard InChI is InChI=1S/C31H29NO3S/c1-21-8-3-5-12-25(21)28-20-22(14-16-24-11-7-10-23-9-4-6-13-26(23)24)15-17-27(28)30(33)32-29(31(34)35)18-19-36-2/h3-17,20,29H,18-19H2,1-2H3,(H,32,33)(H,34,35)/b16-14+. The molecule has 0 aliphatic heterocycles. The Balaban J connectivity index is 1.72. The quantitative estimate of drug-likeness (QED) is 0.247. The monoisotopic (exact) mass is 495 g/mol. The lowest BCUT2D eigenvalue weighted by Gasteiger charge is -2.17. The molecule has 0 saturated carbocycles. The molecular formula is C31H29NO3S. The molecule has 1 unspecified atom stereocenters. The van der Waals surface area contributed by atoms with Crippen LogP contribution in [-0.4, -0.2) is 35.0 Å². The van der Waals surface area contributed by atoms with E-state index >= 15 is 0 Å². The van der Waals surface area contributed by atoms with Crippen molar-refractivity contribution in [2.75, 3.05) is 12.0 Å². The van der Waals surface area contributed by atoms with Gasteiger partial charge in [-0.3, -0.25) is 4.79 Å². The number of hydrogen-bond donors (Lipinski definition) is 2. The zero-order valence-electron chi connectivity index (χ0n) is 20.4. The fourth-order valence-corrected chi connectivity index (χ4v) is 4.74. The minimum absolute atomic E-state index is 0.369. The third kappa shape index (κ3) is 5.86. The number of nitrogens with one attached hydrogen (secondary N) is 1. The second-order valence-corrected chi connectivity index (χ2v) is 9.65. The van der Waals surface area contributed by atoms with Crippen molar-refractivity contribution in [2.45, 2.75) is 19.4 Å². The van der Waals surface area contributed by atoms with Crippen molar-refractivity contribution < 1.29 is 14.7 Å². The van der Waals surface area contributed by atoms with Crippen molar-refractivity contribution in [3.05, 3.63) is 107 Å². The molecule has 5 heteroatoms. The van der Waals surface area contributed by atoms with Crippen LogP contribution in [0.5, 0.6) is 0 Å². The van der Waals surface area contributed by atoms with Gasteiger partial charge >= 0.3 is 5.97 Å². The molecule has 4 aromatic carbocycles. The Hall–Kier alpha value is -3.83. The first kappa shape index (κ1) is 25.3. The van der Waals surface area contributed by atoms with Crippen LogP contribution in [0.1, 0.15) is 33.5 Å². The maximum Gasteiger partial charge on any atom is 0.326 e. The van der Waals surface area contributed by atoms with Gasteiger partial charge in [0.15, 0.2) is 0 Å². The van der Waals surface area contributed by atoms with Crippen molar-refractivity contribution in [2.24, 2.45) is 0 Å². The Morgan fingerprint density at radius 2 is 1.67 bits per heavy atom. The molecule has 1 atom stereocenters. The molecule has 0 heterocycles. The molecule has 0 bridgehead atoms. The number of carboxylic acid groups (broad SMARTS) is 1. The summed E-state index contributed by atoms with van der Waals surface area (Å²) < 4.78 is 0. The lowest BCUT2D eigenvalue weighted by molar-refractivity contribution is -0.139. The van der Waals surface area contributed by atoms with E-state index < -0.39 is 12.0 Å². The summed E-state index contributed by atoms with van der Waals surface area (Å²) in [7, 11) is 0. The number of amides is 1. The van der Waals surface area contributed by atoms with Crippen LogP contribution < -0.4 is 5.32 Å². The van der Waals surface area contributed by atoms with Crippen LogP contribution in [-0.2, 0) is 4.79 Å². The number of aliphatic carboxylic acids is 1. The summed E-state index contributed by atoms with van der Waals surface area (Å²) in [4.78, 5) is 25.0. The highest BCUT2D eigenvalue weighted by molar-refractivity contribution is 7.98. The molecule has 0 saturated heterocycles. The van der Waals surface area contributed by atoms with E-state index in [4.69, 9.17) is 0 Å². The highest BCUT2D eigenvalue weighted by atomic mass is 32.2. The predicted octanol–water partition coefficient (Wildman–Crippen LogP) is 6.92. The van der Waals surface area contributed by atoms with Crippen LogP contribution in [0.4, 0.5) is 0 Å². The zero-order valence-corrected chi connectivity index (χ0v) is 21.2. The van der Waals surface area contributed by atoms with Gasteiger partial charge in [-0.15, -0.1) is 0 Å². The summed E-state index contributed by atoms with van der Waals surface area (Å²) in [6.07, 6.45) is 6.42. The summed E-state index contributed by atoms with van der Waals surface area (Å²) in [5.41, 5.74) is 5.29. The van der Waals surface area contributed by atoms with Gasteiger partial charge in [0.2, 0.25) is 0 Å². The summed E-state index contributed by atoms with van der Waals surface area (Å²) >= 11 is 1.56. The number of carboxylic acids is 1. The van der Waals surface area contributed by atoms with E-state index in [1.807, 2.05) is 73.9 Å². The first-order chi connectivity index (χ1) is 17.5. The molecule has 0 radical (unpaired) electrons. The van der Waals surface area contributed by atoms with Gasteiger partial charge in [-0.1, -0.05) is 84.9 Å². The van der Waals surface area contributed by atoms with E-state index in [0.29, 0.717) is 17.7 Å². The summed E-state index contributed by atoms with van der Waals surface area (Å²) in [5.74, 6) is -0.754. The van der Waals surface area contributed by atoms with Gasteiger partial charge in [0.25, 0.3) is 5.91 Å². The van der Waals surface area contributed by atoms with Crippen LogP contribution in [0.25, 0.3) is 34.1 Å². The SMILES string of the molecule is CSCCC(NC(=O)c1ccc(/C=C/c2cccc3ccccc23)cc1-c1ccccc1C)C(=O)O. The van der Waals surface area contributed by atoms with Gasteiger partial charge in [-0.2, -0.15) is 11.8 Å². The molecule has 1 amide bonds. The van der Waals surface area contributed by atoms with E-state index in [0.717, 1.165) is 27.8 Å². The molecule has 4 rings (SSSR count). The lowest BCUT2D eigenvalue weighted by atomic mass is 9.93. The number of rotatable bonds is 9. The van der Waals surface area contributed by atoms with E-state index in [1.54, 1.807) is 17.8 Å². The van der Waals surface area contributed by atoms with Crippen LogP contribution in [0.2, 0.25) is 0 Å². The van der Waals surface area contributed by atoms with Crippen LogP contribution >= 0.6 is 11.8 Å². The summed E-state index contributed by atoms with van der Waals surface area (Å²) in [6, 6.07) is 27.2. The van der Waals surface area contributed by atoms with Crippen LogP contribution in [0.3, 0.4) is 0 Å². The average Bonchev–Trinajstić information content (AvgIpc) is 2.89. The topological polar surface area (TPSA) is 66.4 Å². The van der Waals surface area contributed by atoms with Crippen molar-refractivity contribution in [1.29, 1.82) is 0 Å². The van der Waals surface area contributed by atoms with Crippen molar-refractivity contribution in [3.63, 3.8) is 0 Å². The normalized spacial score (nSPS) is 12.1. The number of thioether (sulfide) groups is 1. The van der Waals surface area contributed by atoms with Gasteiger partial charge in [-0.25, -0.2) is 4.79 Å². The minimum Gasteiger partial charge on any atom is -0.480 e. The van der Waals surface area contributed by atoms with Crippen molar-refractivity contribution >= 4 is 46.6 Å². The number of aryl methyl sites for hydroxylation is 1. The maximum absolute atomic E-state index is 13.3. The van der Waals surface area contributed by atoms with Gasteiger partial charge in [0.05, 0.1) is 0 Å². The molecule has 2 N–H and O–H groups in total. The highest BCUT2D eigenvalue weighted by Gasteiger charge is 2.22. The van der Waals surface area contributed by atoms with Gasteiger partial charge in [0.1, 0.15) is 6.04 Å². The third-order valence-corrected chi connectivity index (χ3v) is 6.86. The molecule has 36 heavy (non-hydrogen) atoms. The number of fused-ring (bicyclic) bond motifs is 1. The van der Waals surface area contributed by atoms with Gasteiger partial charge in [-0.05, 0) is 76.1 Å². The molecule has 0 aromatic heterocycles. The second kappa shape index (κ2) is 11.7. The summed E-state index contributed by atoms with van der Waals surface area (Å²) in [6.45, 7) is 2.01. The van der Waals surface area contributed by atoms with Crippen LogP contribution in [0, 0.1) is 6.92 Å². The van der Waals surface area contributed by atoms with Crippen LogP contribution in [0.15, 0.2) is 84.9 Å². The second-order valence-electron chi connectivity index (χ2n) is 8.67. The number of hydrogen-bond acceptors (Lipinski definition) is 3. The molecule has 4 nitrogen and oxygen atoms in total. The van der Waals surface area contributed by atoms with Gasteiger partial charge in [0, 0.05) is 5.56 Å². The highest BCUT2D eigenvalue weighted by Crippen LogP contribution is 2.29. The van der Waals surface area contributed by atoms with Crippen molar-refractivity contribution in [3.8, 4) is 11.1 Å².